The van der Waals surface area contributed by atoms with Gasteiger partial charge in [-0.05, 0) is 55.0 Å². The molecule has 0 N–H and O–H groups in total. The van der Waals surface area contributed by atoms with Gasteiger partial charge >= 0.3 is 0 Å². The first-order chi connectivity index (χ1) is 10.7. The lowest BCUT2D eigenvalue weighted by Gasteiger charge is -2.20. The third kappa shape index (κ3) is 2.82. The summed E-state index contributed by atoms with van der Waals surface area (Å²) in [6.45, 7) is 0. The van der Waals surface area contributed by atoms with Gasteiger partial charge in [-0.25, -0.2) is 0 Å². The van der Waals surface area contributed by atoms with Gasteiger partial charge in [0, 0.05) is 18.7 Å². The van der Waals surface area contributed by atoms with Crippen molar-refractivity contribution in [3.05, 3.63) is 53.1 Å². The van der Waals surface area contributed by atoms with Crippen LogP contribution in [0, 0.1) is 0 Å². The summed E-state index contributed by atoms with van der Waals surface area (Å²) in [6.07, 6.45) is 4.64. The molecule has 0 saturated heterocycles. The molecule has 1 aliphatic carbocycles. The van der Waals surface area contributed by atoms with Crippen LogP contribution in [0.4, 0.5) is 5.82 Å². The Labute approximate surface area is 130 Å². The molecule has 3 rings (SSSR count). The predicted octanol–water partition coefficient (Wildman–Crippen LogP) is 3.25. The number of aromatic nitrogens is 1. The highest BCUT2D eigenvalue weighted by atomic mass is 16.5. The van der Waals surface area contributed by atoms with Crippen LogP contribution in [-0.4, -0.2) is 25.0 Å². The molecule has 4 heteroatoms. The van der Waals surface area contributed by atoms with Crippen molar-refractivity contribution in [2.45, 2.75) is 25.7 Å². The third-order valence-electron chi connectivity index (χ3n) is 4.16. The van der Waals surface area contributed by atoms with Crippen molar-refractivity contribution in [2.75, 3.05) is 19.1 Å². The molecular weight excluding hydrogens is 276 g/mol. The van der Waals surface area contributed by atoms with Crippen molar-refractivity contribution in [3.63, 3.8) is 0 Å². The van der Waals surface area contributed by atoms with E-state index in [-0.39, 0.29) is 5.91 Å². The largest absolute Gasteiger partial charge is 0.481 e. The first-order valence-corrected chi connectivity index (χ1v) is 7.60. The second-order valence-electron chi connectivity index (χ2n) is 5.59. The molecular formula is C18H20N2O2. The number of aryl methyl sites for hydroxylation is 2. The Kier molecular flexibility index (Phi) is 4.09. The molecule has 1 aliphatic rings. The summed E-state index contributed by atoms with van der Waals surface area (Å²) < 4.78 is 5.12. The quantitative estimate of drug-likeness (QED) is 0.873. The van der Waals surface area contributed by atoms with E-state index in [2.05, 4.69) is 11.1 Å². The van der Waals surface area contributed by atoms with Gasteiger partial charge in [0.05, 0.1) is 7.11 Å². The number of pyridine rings is 1. The maximum atomic E-state index is 12.7. The fraction of sp³-hybridized carbons (Fsp3) is 0.333. The van der Waals surface area contributed by atoms with Crippen molar-refractivity contribution in [1.82, 2.24) is 4.98 Å². The lowest BCUT2D eigenvalue weighted by atomic mass is 9.90. The molecule has 2 aromatic rings. The molecule has 0 atom stereocenters. The van der Waals surface area contributed by atoms with Crippen LogP contribution in [0.2, 0.25) is 0 Å². The molecule has 0 saturated carbocycles. The third-order valence-corrected chi connectivity index (χ3v) is 4.16. The predicted molar refractivity (Wildman–Crippen MR) is 86.6 cm³/mol. The van der Waals surface area contributed by atoms with Crippen LogP contribution in [0.5, 0.6) is 5.88 Å². The van der Waals surface area contributed by atoms with Gasteiger partial charge in [-0.1, -0.05) is 12.1 Å². The summed E-state index contributed by atoms with van der Waals surface area (Å²) in [5.74, 6) is 1.04. The summed E-state index contributed by atoms with van der Waals surface area (Å²) in [5, 5.41) is 0. The molecule has 1 heterocycles. The number of benzene rings is 1. The first kappa shape index (κ1) is 14.6. The summed E-state index contributed by atoms with van der Waals surface area (Å²) in [6, 6.07) is 11.4. The Bertz CT molecular complexity index is 697. The van der Waals surface area contributed by atoms with Gasteiger partial charge in [0.2, 0.25) is 5.88 Å². The second-order valence-corrected chi connectivity index (χ2v) is 5.59. The number of carbonyl (C=O) groups is 1. The van der Waals surface area contributed by atoms with Crippen LogP contribution in [-0.2, 0) is 12.8 Å². The zero-order valence-electron chi connectivity index (χ0n) is 13.0. The number of hydrogen-bond donors (Lipinski definition) is 0. The molecule has 0 spiro atoms. The number of amides is 1. The second kappa shape index (κ2) is 6.18. The lowest BCUT2D eigenvalue weighted by Crippen LogP contribution is -2.27. The van der Waals surface area contributed by atoms with Crippen LogP contribution in [0.3, 0.4) is 0 Å². The summed E-state index contributed by atoms with van der Waals surface area (Å²) in [5.41, 5.74) is 3.40. The van der Waals surface area contributed by atoms with E-state index in [1.54, 1.807) is 31.2 Å². The van der Waals surface area contributed by atoms with E-state index in [0.29, 0.717) is 17.3 Å². The van der Waals surface area contributed by atoms with Crippen LogP contribution >= 0.6 is 0 Å². The molecule has 1 amide bonds. The topological polar surface area (TPSA) is 42.4 Å². The van der Waals surface area contributed by atoms with Gasteiger partial charge in [-0.15, -0.1) is 0 Å². The van der Waals surface area contributed by atoms with E-state index in [1.165, 1.54) is 24.0 Å². The van der Waals surface area contributed by atoms with Gasteiger partial charge in [0.15, 0.2) is 0 Å². The smallest absolute Gasteiger partial charge is 0.259 e. The summed E-state index contributed by atoms with van der Waals surface area (Å²) >= 11 is 0. The monoisotopic (exact) mass is 296 g/mol. The average Bonchev–Trinajstić information content (AvgIpc) is 2.60. The van der Waals surface area contributed by atoms with Gasteiger partial charge in [-0.3, -0.25) is 9.69 Å². The molecule has 1 aromatic carbocycles. The van der Waals surface area contributed by atoms with Crippen molar-refractivity contribution < 1.29 is 9.53 Å². The standard InChI is InChI=1S/C18H20N2O2/c1-20(16-8-5-9-17(19-16)22-2)18(21)15-11-10-13-6-3-4-7-14(13)12-15/h5,8-12H,3-4,6-7H2,1-2H3. The van der Waals surface area contributed by atoms with Gasteiger partial charge in [0.1, 0.15) is 5.82 Å². The van der Waals surface area contributed by atoms with Gasteiger partial charge in [0.25, 0.3) is 5.91 Å². The molecule has 1 aromatic heterocycles. The Balaban J connectivity index is 1.86. The Morgan fingerprint density at radius 3 is 2.68 bits per heavy atom. The van der Waals surface area contributed by atoms with E-state index >= 15 is 0 Å². The minimum Gasteiger partial charge on any atom is -0.481 e. The number of ether oxygens (including phenoxy) is 1. The van der Waals surface area contributed by atoms with Crippen molar-refractivity contribution >= 4 is 11.7 Å². The SMILES string of the molecule is COc1cccc(N(C)C(=O)c2ccc3c(c2)CCCC3)n1. The highest BCUT2D eigenvalue weighted by Gasteiger charge is 2.17. The maximum Gasteiger partial charge on any atom is 0.259 e. The Morgan fingerprint density at radius 1 is 1.14 bits per heavy atom. The van der Waals surface area contributed by atoms with Crippen LogP contribution in [0.25, 0.3) is 0 Å². The number of fused-ring (bicyclic) bond motifs is 1. The van der Waals surface area contributed by atoms with E-state index in [0.717, 1.165) is 12.8 Å². The number of carbonyl (C=O) groups excluding carboxylic acids is 1. The van der Waals surface area contributed by atoms with Crippen molar-refractivity contribution in [2.24, 2.45) is 0 Å². The number of rotatable bonds is 3. The van der Waals surface area contributed by atoms with Gasteiger partial charge < -0.3 is 4.74 Å². The summed E-state index contributed by atoms with van der Waals surface area (Å²) in [7, 11) is 3.31. The number of anilines is 1. The molecule has 22 heavy (non-hydrogen) atoms. The first-order valence-electron chi connectivity index (χ1n) is 7.60. The molecule has 0 aliphatic heterocycles. The van der Waals surface area contributed by atoms with E-state index < -0.39 is 0 Å². The zero-order chi connectivity index (χ0) is 15.5. The number of hydrogen-bond acceptors (Lipinski definition) is 3. The molecule has 114 valence electrons. The highest BCUT2D eigenvalue weighted by Crippen LogP contribution is 2.23. The Hall–Kier alpha value is -2.36. The molecule has 0 radical (unpaired) electrons. The molecule has 0 unspecified atom stereocenters. The van der Waals surface area contributed by atoms with E-state index in [4.69, 9.17) is 4.74 Å². The van der Waals surface area contributed by atoms with Crippen LogP contribution < -0.4 is 9.64 Å². The minimum atomic E-state index is -0.0471. The minimum absolute atomic E-state index is 0.0471. The molecule has 0 bridgehead atoms. The highest BCUT2D eigenvalue weighted by molar-refractivity contribution is 6.05. The fourth-order valence-corrected chi connectivity index (χ4v) is 2.87. The van der Waals surface area contributed by atoms with E-state index in [9.17, 15) is 4.79 Å². The van der Waals surface area contributed by atoms with Crippen molar-refractivity contribution in [3.8, 4) is 5.88 Å². The summed E-state index contributed by atoms with van der Waals surface area (Å²) in [4.78, 5) is 18.5. The van der Waals surface area contributed by atoms with Crippen LogP contribution in [0.1, 0.15) is 34.3 Å². The molecule has 4 nitrogen and oxygen atoms in total. The lowest BCUT2D eigenvalue weighted by molar-refractivity contribution is 0.0992. The maximum absolute atomic E-state index is 12.7. The zero-order valence-corrected chi connectivity index (χ0v) is 13.0. The van der Waals surface area contributed by atoms with E-state index in [1.807, 2.05) is 18.2 Å². The average molecular weight is 296 g/mol. The number of methoxy groups -OCH3 is 1. The Morgan fingerprint density at radius 2 is 1.91 bits per heavy atom. The van der Waals surface area contributed by atoms with Crippen molar-refractivity contribution in [1.29, 1.82) is 0 Å². The normalized spacial score (nSPS) is 13.4. The fourth-order valence-electron chi connectivity index (χ4n) is 2.87. The molecule has 0 fully saturated rings. The van der Waals surface area contributed by atoms with Gasteiger partial charge in [-0.2, -0.15) is 4.98 Å². The number of nitrogens with zero attached hydrogens (tertiary/aromatic N) is 2. The van der Waals surface area contributed by atoms with Crippen LogP contribution in [0.15, 0.2) is 36.4 Å².